The van der Waals surface area contributed by atoms with E-state index in [2.05, 4.69) is 10.2 Å². The molecule has 2 aromatic carbocycles. The number of rotatable bonds is 2. The normalized spacial score (nSPS) is 16.5. The number of hydrogen-bond donors (Lipinski definition) is 1. The lowest BCUT2D eigenvalue weighted by Crippen LogP contribution is -2.12. The van der Waals surface area contributed by atoms with Gasteiger partial charge < -0.3 is 10.5 Å². The van der Waals surface area contributed by atoms with Gasteiger partial charge in [-0.2, -0.15) is 5.10 Å². The van der Waals surface area contributed by atoms with Gasteiger partial charge in [-0.3, -0.25) is 0 Å². The molecule has 0 amide bonds. The van der Waals surface area contributed by atoms with Crippen LogP contribution in [0.2, 0.25) is 0 Å². The molecule has 0 atom stereocenters. The summed E-state index contributed by atoms with van der Waals surface area (Å²) in [6, 6.07) is 21.9. The third-order valence-corrected chi connectivity index (χ3v) is 3.96. The van der Waals surface area contributed by atoms with E-state index >= 15 is 0 Å². The minimum atomic E-state index is 0.386. The Morgan fingerprint density at radius 3 is 2.16 bits per heavy atom. The molecule has 4 rings (SSSR count). The number of anilines is 1. The summed E-state index contributed by atoms with van der Waals surface area (Å²) >= 11 is 0. The van der Waals surface area contributed by atoms with Gasteiger partial charge in [0.05, 0.1) is 12.1 Å². The Kier molecular flexibility index (Phi) is 4.01. The summed E-state index contributed by atoms with van der Waals surface area (Å²) in [6.45, 7) is 0. The summed E-state index contributed by atoms with van der Waals surface area (Å²) in [7, 11) is 0. The highest BCUT2D eigenvalue weighted by Crippen LogP contribution is 2.33. The molecule has 0 saturated heterocycles. The number of aromatic nitrogens is 2. The van der Waals surface area contributed by atoms with E-state index in [0.717, 1.165) is 33.9 Å². The van der Waals surface area contributed by atoms with E-state index in [0.29, 0.717) is 12.2 Å². The summed E-state index contributed by atoms with van der Waals surface area (Å²) in [5, 5.41) is 8.26. The van der Waals surface area contributed by atoms with Crippen LogP contribution in [0.1, 0.15) is 22.4 Å². The van der Waals surface area contributed by atoms with Crippen LogP contribution < -0.4 is 5.73 Å². The monoisotopic (exact) mass is 327 g/mol. The highest BCUT2D eigenvalue weighted by molar-refractivity contribution is 5.81. The fraction of sp³-hybridized carbons (Fsp3) is 0.0476. The van der Waals surface area contributed by atoms with Gasteiger partial charge in [-0.25, -0.2) is 0 Å². The van der Waals surface area contributed by atoms with Crippen LogP contribution in [0.5, 0.6) is 0 Å². The molecule has 0 unspecified atom stereocenters. The Morgan fingerprint density at radius 2 is 1.48 bits per heavy atom. The largest absolute Gasteiger partial charge is 0.461 e. The maximum Gasteiger partial charge on any atom is 0.146 e. The first-order valence-electron chi connectivity index (χ1n) is 8.10. The molecule has 2 heterocycles. The standard InChI is InChI=1S/C21H17N3O/c22-21-14-18-19(23-24-21)13-17(11-15-7-3-1-4-8-15)25-20(18)12-16-9-5-2-6-10-16/h1-12,14H,13H2,(H2,22,24). The van der Waals surface area contributed by atoms with E-state index in [1.165, 1.54) is 0 Å². The summed E-state index contributed by atoms with van der Waals surface area (Å²) in [4.78, 5) is 0. The SMILES string of the molecule is Nc1cc2c(nn1)CC(=Cc1ccccc1)OC2=Cc1ccccc1. The average Bonchev–Trinajstić information content (AvgIpc) is 2.64. The number of nitrogens with zero attached hydrogens (tertiary/aromatic N) is 2. The van der Waals surface area contributed by atoms with Crippen LogP contribution in [0.3, 0.4) is 0 Å². The Labute approximate surface area is 146 Å². The highest BCUT2D eigenvalue weighted by Gasteiger charge is 2.21. The van der Waals surface area contributed by atoms with Gasteiger partial charge in [-0.1, -0.05) is 60.7 Å². The lowest BCUT2D eigenvalue weighted by Gasteiger charge is -2.21. The number of ether oxygens (including phenoxy) is 1. The zero-order valence-electron chi connectivity index (χ0n) is 13.6. The van der Waals surface area contributed by atoms with Gasteiger partial charge in [0.25, 0.3) is 0 Å². The first-order valence-corrected chi connectivity index (χ1v) is 8.10. The Bertz CT molecular complexity index is 947. The van der Waals surface area contributed by atoms with Crippen molar-refractivity contribution in [2.24, 2.45) is 0 Å². The van der Waals surface area contributed by atoms with Crippen molar-refractivity contribution < 1.29 is 4.74 Å². The van der Waals surface area contributed by atoms with E-state index in [4.69, 9.17) is 10.5 Å². The van der Waals surface area contributed by atoms with Crippen LogP contribution in [0.15, 0.2) is 72.5 Å². The molecule has 1 aliphatic rings. The number of nitrogens with two attached hydrogens (primary N) is 1. The second-order valence-electron chi connectivity index (χ2n) is 5.85. The van der Waals surface area contributed by atoms with Crippen molar-refractivity contribution in [3.8, 4) is 0 Å². The zero-order valence-corrected chi connectivity index (χ0v) is 13.6. The molecule has 4 nitrogen and oxygen atoms in total. The molecular formula is C21H17N3O. The van der Waals surface area contributed by atoms with E-state index in [-0.39, 0.29) is 0 Å². The van der Waals surface area contributed by atoms with E-state index in [1.807, 2.05) is 78.9 Å². The molecule has 0 radical (unpaired) electrons. The summed E-state index contributed by atoms with van der Waals surface area (Å²) in [6.07, 6.45) is 4.61. The first kappa shape index (κ1) is 15.1. The Morgan fingerprint density at radius 1 is 0.840 bits per heavy atom. The topological polar surface area (TPSA) is 61.0 Å². The maximum absolute atomic E-state index is 6.17. The number of fused-ring (bicyclic) bond motifs is 1. The van der Waals surface area contributed by atoms with Crippen molar-refractivity contribution in [1.82, 2.24) is 10.2 Å². The molecule has 4 heteroatoms. The maximum atomic E-state index is 6.17. The molecule has 3 aromatic rings. The molecule has 0 aliphatic carbocycles. The van der Waals surface area contributed by atoms with Crippen molar-refractivity contribution in [2.45, 2.75) is 6.42 Å². The van der Waals surface area contributed by atoms with Crippen LogP contribution in [0.25, 0.3) is 17.9 Å². The van der Waals surface area contributed by atoms with Gasteiger partial charge in [-0.15, -0.1) is 5.10 Å². The summed E-state index contributed by atoms with van der Waals surface area (Å²) in [5.41, 5.74) is 9.72. The van der Waals surface area contributed by atoms with Gasteiger partial charge in [0, 0.05) is 5.56 Å². The number of allylic oxidation sites excluding steroid dienone is 1. The number of benzene rings is 2. The molecule has 0 bridgehead atoms. The fourth-order valence-corrected chi connectivity index (χ4v) is 2.80. The summed E-state index contributed by atoms with van der Waals surface area (Å²) in [5.74, 6) is 1.95. The first-order chi connectivity index (χ1) is 12.3. The highest BCUT2D eigenvalue weighted by atomic mass is 16.5. The molecule has 2 N–H and O–H groups in total. The Balaban J connectivity index is 1.78. The quantitative estimate of drug-likeness (QED) is 0.767. The van der Waals surface area contributed by atoms with Gasteiger partial charge >= 0.3 is 0 Å². The molecule has 0 spiro atoms. The second-order valence-corrected chi connectivity index (χ2v) is 5.85. The third-order valence-electron chi connectivity index (χ3n) is 3.96. The van der Waals surface area contributed by atoms with Gasteiger partial charge in [0.1, 0.15) is 17.3 Å². The van der Waals surface area contributed by atoms with Crippen molar-refractivity contribution in [3.05, 3.63) is 94.9 Å². The molecule has 25 heavy (non-hydrogen) atoms. The Hall–Kier alpha value is -3.40. The lowest BCUT2D eigenvalue weighted by molar-refractivity contribution is 0.364. The van der Waals surface area contributed by atoms with Crippen LogP contribution in [0.4, 0.5) is 5.82 Å². The zero-order chi connectivity index (χ0) is 17.1. The smallest absolute Gasteiger partial charge is 0.146 e. The van der Waals surface area contributed by atoms with E-state index in [9.17, 15) is 0 Å². The van der Waals surface area contributed by atoms with Crippen LogP contribution in [-0.2, 0) is 11.2 Å². The number of nitrogen functional groups attached to an aromatic ring is 1. The molecule has 0 saturated carbocycles. The second kappa shape index (κ2) is 6.61. The summed E-state index contributed by atoms with van der Waals surface area (Å²) < 4.78 is 6.17. The van der Waals surface area contributed by atoms with Crippen molar-refractivity contribution in [2.75, 3.05) is 5.73 Å². The van der Waals surface area contributed by atoms with Crippen LogP contribution in [0, 0.1) is 0 Å². The van der Waals surface area contributed by atoms with E-state index < -0.39 is 0 Å². The molecular weight excluding hydrogens is 310 g/mol. The molecule has 1 aromatic heterocycles. The predicted octanol–water partition coefficient (Wildman–Crippen LogP) is 4.17. The third kappa shape index (κ3) is 3.43. The van der Waals surface area contributed by atoms with Gasteiger partial charge in [0.15, 0.2) is 0 Å². The van der Waals surface area contributed by atoms with Gasteiger partial charge in [0.2, 0.25) is 0 Å². The van der Waals surface area contributed by atoms with Crippen molar-refractivity contribution in [1.29, 1.82) is 0 Å². The molecule has 1 aliphatic heterocycles. The molecule has 122 valence electrons. The minimum Gasteiger partial charge on any atom is -0.461 e. The van der Waals surface area contributed by atoms with Gasteiger partial charge in [-0.05, 0) is 29.3 Å². The lowest BCUT2D eigenvalue weighted by atomic mass is 10.0. The van der Waals surface area contributed by atoms with Crippen LogP contribution in [-0.4, -0.2) is 10.2 Å². The van der Waals surface area contributed by atoms with Crippen LogP contribution >= 0.6 is 0 Å². The predicted molar refractivity (Wildman–Crippen MR) is 100.0 cm³/mol. The minimum absolute atomic E-state index is 0.386. The fourth-order valence-electron chi connectivity index (χ4n) is 2.80. The molecule has 0 fully saturated rings. The van der Waals surface area contributed by atoms with Crippen molar-refractivity contribution in [3.63, 3.8) is 0 Å². The van der Waals surface area contributed by atoms with Crippen molar-refractivity contribution >= 4 is 23.7 Å². The number of hydrogen-bond acceptors (Lipinski definition) is 4. The van der Waals surface area contributed by atoms with E-state index in [1.54, 1.807) is 0 Å². The average molecular weight is 327 g/mol.